The third-order valence-electron chi connectivity index (χ3n) is 2.45. The number of methoxy groups -OCH3 is 1. The van der Waals surface area contributed by atoms with E-state index in [1.165, 1.54) is 7.11 Å². The van der Waals surface area contributed by atoms with Gasteiger partial charge in [0.15, 0.2) is 0 Å². The maximum absolute atomic E-state index is 13.0. The van der Waals surface area contributed by atoms with Crippen molar-refractivity contribution < 1.29 is 17.5 Å². The number of rotatable bonds is 4. The minimum atomic E-state index is -3.95. The van der Waals surface area contributed by atoms with Gasteiger partial charge in [-0.25, -0.2) is 22.5 Å². The lowest BCUT2D eigenvalue weighted by Gasteiger charge is -2.09. The van der Waals surface area contributed by atoms with Crippen LogP contribution in [0.25, 0.3) is 0 Å². The highest BCUT2D eigenvalue weighted by Crippen LogP contribution is 2.24. The minimum absolute atomic E-state index is 0.106. The average Bonchev–Trinajstić information content (AvgIpc) is 2.36. The molecule has 0 atom stereocenters. The Kier molecular flexibility index (Phi) is 4.43. The van der Waals surface area contributed by atoms with Crippen LogP contribution in [0.15, 0.2) is 33.6 Å². The zero-order valence-corrected chi connectivity index (χ0v) is 13.5. The molecule has 0 unspecified atom stereocenters. The van der Waals surface area contributed by atoms with Crippen LogP contribution >= 0.6 is 15.9 Å². The van der Waals surface area contributed by atoms with Crippen LogP contribution in [0.2, 0.25) is 0 Å². The van der Waals surface area contributed by atoms with Crippen LogP contribution in [0.1, 0.15) is 5.69 Å². The van der Waals surface area contributed by atoms with Gasteiger partial charge < -0.3 is 4.74 Å². The van der Waals surface area contributed by atoms with Gasteiger partial charge in [-0.3, -0.25) is 0 Å². The van der Waals surface area contributed by atoms with Crippen molar-refractivity contribution in [3.05, 3.63) is 40.2 Å². The number of hydrogen-bond acceptors (Lipinski definition) is 5. The Bertz CT molecular complexity index is 783. The molecule has 1 N–H and O–H groups in total. The molecule has 0 aliphatic carbocycles. The van der Waals surface area contributed by atoms with Crippen molar-refractivity contribution in [2.24, 2.45) is 0 Å². The Labute approximate surface area is 129 Å². The van der Waals surface area contributed by atoms with Crippen LogP contribution < -0.4 is 9.46 Å². The van der Waals surface area contributed by atoms with Crippen LogP contribution in [-0.4, -0.2) is 25.5 Å². The first-order valence-electron chi connectivity index (χ1n) is 5.69. The monoisotopic (exact) mass is 375 g/mol. The van der Waals surface area contributed by atoms with Crippen LogP contribution in [0.4, 0.5) is 10.3 Å². The summed E-state index contributed by atoms with van der Waals surface area (Å²) in [6, 6.07) is 4.82. The Morgan fingerprint density at radius 2 is 2.00 bits per heavy atom. The summed E-state index contributed by atoms with van der Waals surface area (Å²) in [6.07, 6.45) is 0. The number of ether oxygens (including phenoxy) is 1. The van der Waals surface area contributed by atoms with Gasteiger partial charge in [0.1, 0.15) is 10.7 Å². The Morgan fingerprint density at radius 1 is 1.29 bits per heavy atom. The highest BCUT2D eigenvalue weighted by molar-refractivity contribution is 9.10. The summed E-state index contributed by atoms with van der Waals surface area (Å²) in [5.74, 6) is -0.434. The fraction of sp³-hybridized carbons (Fsp3) is 0.167. The number of halogens is 2. The van der Waals surface area contributed by atoms with Crippen LogP contribution in [0.5, 0.6) is 5.88 Å². The van der Waals surface area contributed by atoms with Crippen LogP contribution in [0.3, 0.4) is 0 Å². The molecule has 0 saturated carbocycles. The molecule has 0 spiro atoms. The molecule has 1 heterocycles. The molecule has 1 aromatic heterocycles. The van der Waals surface area contributed by atoms with Crippen LogP contribution in [-0.2, 0) is 10.0 Å². The maximum Gasteiger partial charge on any atom is 0.265 e. The van der Waals surface area contributed by atoms with Crippen molar-refractivity contribution in [1.82, 2.24) is 9.97 Å². The molecule has 1 aromatic carbocycles. The molecule has 2 aromatic rings. The van der Waals surface area contributed by atoms with E-state index in [9.17, 15) is 12.8 Å². The van der Waals surface area contributed by atoms with Crippen molar-refractivity contribution in [3.8, 4) is 5.88 Å². The van der Waals surface area contributed by atoms with Gasteiger partial charge >= 0.3 is 0 Å². The normalized spacial score (nSPS) is 11.2. The molecule has 2 rings (SSSR count). The van der Waals surface area contributed by atoms with Gasteiger partial charge in [-0.2, -0.15) is 4.98 Å². The smallest absolute Gasteiger partial charge is 0.265 e. The average molecular weight is 376 g/mol. The molecule has 0 amide bonds. The molecule has 0 fully saturated rings. The molecule has 0 aliphatic rings. The largest absolute Gasteiger partial charge is 0.481 e. The lowest BCUT2D eigenvalue weighted by Crippen LogP contribution is -2.16. The summed E-state index contributed by atoms with van der Waals surface area (Å²) in [6.45, 7) is 1.68. The number of nitrogens with zero attached hydrogens (tertiary/aromatic N) is 2. The van der Waals surface area contributed by atoms with Crippen molar-refractivity contribution in [1.29, 1.82) is 0 Å². The van der Waals surface area contributed by atoms with E-state index >= 15 is 0 Å². The van der Waals surface area contributed by atoms with Gasteiger partial charge in [-0.1, -0.05) is 0 Å². The number of aryl methyl sites for hydroxylation is 1. The van der Waals surface area contributed by atoms with Gasteiger partial charge in [0, 0.05) is 16.2 Å². The summed E-state index contributed by atoms with van der Waals surface area (Å²) in [7, 11) is -2.53. The molecular weight excluding hydrogens is 365 g/mol. The third kappa shape index (κ3) is 3.67. The summed E-state index contributed by atoms with van der Waals surface area (Å²) >= 11 is 3.01. The summed E-state index contributed by atoms with van der Waals surface area (Å²) in [5.41, 5.74) is 0.540. The number of anilines is 1. The summed E-state index contributed by atoms with van der Waals surface area (Å²) < 4.78 is 44.8. The SMILES string of the molecule is COc1cc(C)nc(NS(=O)(=O)c2ccc(F)cc2Br)n1. The van der Waals surface area contributed by atoms with Crippen molar-refractivity contribution in [3.63, 3.8) is 0 Å². The second-order valence-electron chi connectivity index (χ2n) is 4.06. The molecule has 9 heteroatoms. The van der Waals surface area contributed by atoms with Gasteiger partial charge in [0.25, 0.3) is 10.0 Å². The molecule has 0 aliphatic heterocycles. The zero-order valence-electron chi connectivity index (χ0n) is 11.1. The number of nitrogens with one attached hydrogen (secondary N) is 1. The van der Waals surface area contributed by atoms with Gasteiger partial charge in [0.2, 0.25) is 11.8 Å². The molecule has 0 bridgehead atoms. The Morgan fingerprint density at radius 3 is 2.62 bits per heavy atom. The molecule has 0 radical (unpaired) electrons. The maximum atomic E-state index is 13.0. The topological polar surface area (TPSA) is 81.2 Å². The number of benzene rings is 1. The van der Waals surface area contributed by atoms with E-state index in [-0.39, 0.29) is 21.2 Å². The number of sulfonamides is 1. The fourth-order valence-electron chi connectivity index (χ4n) is 1.56. The first kappa shape index (κ1) is 15.6. The highest BCUT2D eigenvalue weighted by Gasteiger charge is 2.20. The summed E-state index contributed by atoms with van der Waals surface area (Å²) in [5, 5.41) is 0. The van der Waals surface area contributed by atoms with Crippen molar-refractivity contribution in [2.75, 3.05) is 11.8 Å². The third-order valence-corrected chi connectivity index (χ3v) is 4.75. The van der Waals surface area contributed by atoms with E-state index < -0.39 is 15.8 Å². The first-order valence-corrected chi connectivity index (χ1v) is 7.97. The molecule has 0 saturated heterocycles. The van der Waals surface area contributed by atoms with Crippen LogP contribution in [0, 0.1) is 12.7 Å². The van der Waals surface area contributed by atoms with E-state index in [1.54, 1.807) is 13.0 Å². The van der Waals surface area contributed by atoms with Gasteiger partial charge in [-0.05, 0) is 41.1 Å². The summed E-state index contributed by atoms with van der Waals surface area (Å²) in [4.78, 5) is 7.75. The quantitative estimate of drug-likeness (QED) is 0.887. The van der Waals surface area contributed by atoms with Gasteiger partial charge in [-0.15, -0.1) is 0 Å². The van der Waals surface area contributed by atoms with E-state index in [0.717, 1.165) is 18.2 Å². The van der Waals surface area contributed by atoms with E-state index in [4.69, 9.17) is 4.74 Å². The van der Waals surface area contributed by atoms with Crippen molar-refractivity contribution >= 4 is 31.9 Å². The highest BCUT2D eigenvalue weighted by atomic mass is 79.9. The zero-order chi connectivity index (χ0) is 15.6. The number of hydrogen-bond donors (Lipinski definition) is 1. The minimum Gasteiger partial charge on any atom is -0.481 e. The predicted molar refractivity (Wildman–Crippen MR) is 78.2 cm³/mol. The molecular formula is C12H11BrFN3O3S. The number of aromatic nitrogens is 2. The van der Waals surface area contributed by atoms with Crippen molar-refractivity contribution in [2.45, 2.75) is 11.8 Å². The lowest BCUT2D eigenvalue weighted by atomic mass is 10.3. The lowest BCUT2D eigenvalue weighted by molar-refractivity contribution is 0.397. The second-order valence-corrected chi connectivity index (χ2v) is 6.56. The Balaban J connectivity index is 2.39. The van der Waals surface area contributed by atoms with Gasteiger partial charge in [0.05, 0.1) is 7.11 Å². The predicted octanol–water partition coefficient (Wildman–Crippen LogP) is 2.50. The second kappa shape index (κ2) is 5.94. The first-order chi connectivity index (χ1) is 9.81. The van der Waals surface area contributed by atoms with E-state index in [2.05, 4.69) is 30.6 Å². The fourth-order valence-corrected chi connectivity index (χ4v) is 3.55. The molecule has 112 valence electrons. The molecule has 21 heavy (non-hydrogen) atoms. The Hall–Kier alpha value is -1.74. The standard InChI is InChI=1S/C12H11BrFN3O3S/c1-7-5-11(20-2)16-12(15-7)17-21(18,19)10-4-3-8(14)6-9(10)13/h3-6H,1-2H3,(H,15,16,17). The van der Waals surface area contributed by atoms with E-state index in [1.807, 2.05) is 0 Å². The molecule has 6 nitrogen and oxygen atoms in total. The van der Waals surface area contributed by atoms with E-state index in [0.29, 0.717) is 5.69 Å².